The van der Waals surface area contributed by atoms with Crippen molar-refractivity contribution in [1.82, 2.24) is 4.98 Å². The van der Waals surface area contributed by atoms with Crippen LogP contribution < -0.4 is 11.1 Å². The van der Waals surface area contributed by atoms with Crippen molar-refractivity contribution in [2.75, 3.05) is 5.32 Å². The molecular formula is C11H16BrN3O. The second-order valence-electron chi connectivity index (χ2n) is 3.70. The van der Waals surface area contributed by atoms with E-state index in [0.29, 0.717) is 12.2 Å². The molecule has 1 rings (SSSR count). The summed E-state index contributed by atoms with van der Waals surface area (Å²) in [5.41, 5.74) is 6.72. The molecule has 16 heavy (non-hydrogen) atoms. The molecule has 1 amide bonds. The minimum Gasteiger partial charge on any atom is -0.320 e. The first-order valence-electron chi connectivity index (χ1n) is 5.23. The summed E-state index contributed by atoms with van der Waals surface area (Å²) in [6.45, 7) is 3.93. The summed E-state index contributed by atoms with van der Waals surface area (Å²) in [5, 5.41) is 2.70. The number of carbonyl (C=O) groups is 1. The minimum absolute atomic E-state index is 0.184. The second-order valence-corrected chi connectivity index (χ2v) is 4.56. The summed E-state index contributed by atoms with van der Waals surface area (Å²) in [4.78, 5) is 15.7. The highest BCUT2D eigenvalue weighted by Gasteiger charge is 2.12. The van der Waals surface area contributed by atoms with Crippen LogP contribution in [0.4, 0.5) is 5.82 Å². The van der Waals surface area contributed by atoms with Gasteiger partial charge in [-0.3, -0.25) is 4.79 Å². The number of halogens is 1. The number of aromatic nitrogens is 1. The topological polar surface area (TPSA) is 68.0 Å². The molecule has 1 atom stereocenters. The fourth-order valence-corrected chi connectivity index (χ4v) is 1.49. The zero-order chi connectivity index (χ0) is 12.1. The number of nitrogens with two attached hydrogens (primary N) is 1. The molecule has 0 saturated carbocycles. The molecule has 0 aliphatic rings. The number of hydrogen-bond donors (Lipinski definition) is 2. The first kappa shape index (κ1) is 13.1. The molecule has 4 nitrogen and oxygen atoms in total. The van der Waals surface area contributed by atoms with Gasteiger partial charge in [0, 0.05) is 10.7 Å². The van der Waals surface area contributed by atoms with E-state index in [1.54, 1.807) is 12.3 Å². The summed E-state index contributed by atoms with van der Waals surface area (Å²) in [6.07, 6.45) is 3.24. The Bertz CT molecular complexity index is 381. The first-order valence-corrected chi connectivity index (χ1v) is 6.02. The molecule has 0 unspecified atom stereocenters. The molecule has 3 N–H and O–H groups in total. The van der Waals surface area contributed by atoms with Crippen molar-refractivity contribution in [2.24, 2.45) is 5.73 Å². The van der Waals surface area contributed by atoms with Crippen LogP contribution in [0, 0.1) is 6.92 Å². The zero-order valence-corrected chi connectivity index (χ0v) is 11.0. The highest BCUT2D eigenvalue weighted by Crippen LogP contribution is 2.17. The molecule has 0 aliphatic carbocycles. The summed E-state index contributed by atoms with van der Waals surface area (Å²) in [5.74, 6) is 0.355. The summed E-state index contributed by atoms with van der Waals surface area (Å²) in [7, 11) is 0. The average Bonchev–Trinajstić information content (AvgIpc) is 2.24. The Labute approximate surface area is 104 Å². The molecule has 0 aromatic carbocycles. The van der Waals surface area contributed by atoms with Crippen LogP contribution in [-0.2, 0) is 4.79 Å². The molecular weight excluding hydrogens is 270 g/mol. The molecule has 0 aliphatic heterocycles. The van der Waals surface area contributed by atoms with Crippen LogP contribution in [0.3, 0.4) is 0 Å². The van der Waals surface area contributed by atoms with Gasteiger partial charge < -0.3 is 11.1 Å². The maximum Gasteiger partial charge on any atom is 0.242 e. The van der Waals surface area contributed by atoms with E-state index >= 15 is 0 Å². The highest BCUT2D eigenvalue weighted by atomic mass is 79.9. The van der Waals surface area contributed by atoms with E-state index in [0.717, 1.165) is 16.5 Å². The highest BCUT2D eigenvalue weighted by molar-refractivity contribution is 9.10. The van der Waals surface area contributed by atoms with Gasteiger partial charge >= 0.3 is 0 Å². The molecule has 0 fully saturated rings. The summed E-state index contributed by atoms with van der Waals surface area (Å²) < 4.78 is 0.920. The number of hydrogen-bond acceptors (Lipinski definition) is 3. The van der Waals surface area contributed by atoms with E-state index < -0.39 is 6.04 Å². The van der Waals surface area contributed by atoms with Crippen molar-refractivity contribution in [1.29, 1.82) is 0 Å². The molecule has 88 valence electrons. The number of amides is 1. The van der Waals surface area contributed by atoms with E-state index in [4.69, 9.17) is 5.73 Å². The molecule has 0 bridgehead atoms. The van der Waals surface area contributed by atoms with Crippen molar-refractivity contribution in [2.45, 2.75) is 32.7 Å². The fraction of sp³-hybridized carbons (Fsp3) is 0.455. The number of nitrogens with one attached hydrogen (secondary N) is 1. The lowest BCUT2D eigenvalue weighted by molar-refractivity contribution is -0.117. The number of carbonyl (C=O) groups excluding carboxylic acids is 1. The summed E-state index contributed by atoms with van der Waals surface area (Å²) >= 11 is 3.35. The van der Waals surface area contributed by atoms with E-state index in [-0.39, 0.29) is 5.91 Å². The van der Waals surface area contributed by atoms with Crippen molar-refractivity contribution >= 4 is 27.7 Å². The Balaban J connectivity index is 2.66. The van der Waals surface area contributed by atoms with Gasteiger partial charge in [-0.1, -0.05) is 13.3 Å². The number of aryl methyl sites for hydroxylation is 1. The van der Waals surface area contributed by atoms with Crippen LogP contribution in [0.15, 0.2) is 16.7 Å². The van der Waals surface area contributed by atoms with E-state index in [9.17, 15) is 4.79 Å². The van der Waals surface area contributed by atoms with Crippen molar-refractivity contribution < 1.29 is 4.79 Å². The Morgan fingerprint density at radius 2 is 2.38 bits per heavy atom. The minimum atomic E-state index is -0.462. The first-order chi connectivity index (χ1) is 7.54. The summed E-state index contributed by atoms with van der Waals surface area (Å²) in [6, 6.07) is 1.34. The standard InChI is InChI=1S/C11H16BrN3O/c1-3-4-9(13)11(16)15-10-5-7(2)8(12)6-14-10/h5-6,9H,3-4,13H2,1-2H3,(H,14,15,16)/t9-/m1/s1. The van der Waals surface area contributed by atoms with Gasteiger partial charge in [0.05, 0.1) is 6.04 Å². The van der Waals surface area contributed by atoms with Crippen LogP contribution >= 0.6 is 15.9 Å². The van der Waals surface area contributed by atoms with Crippen molar-refractivity contribution in [3.8, 4) is 0 Å². The average molecular weight is 286 g/mol. The van der Waals surface area contributed by atoms with E-state index in [1.807, 2.05) is 13.8 Å². The van der Waals surface area contributed by atoms with Gasteiger partial charge in [0.2, 0.25) is 5.91 Å². The van der Waals surface area contributed by atoms with Gasteiger partial charge in [0.25, 0.3) is 0 Å². The predicted octanol–water partition coefficient (Wildman–Crippen LogP) is 2.22. The van der Waals surface area contributed by atoms with Gasteiger partial charge in [0.15, 0.2) is 0 Å². The van der Waals surface area contributed by atoms with Gasteiger partial charge in [-0.15, -0.1) is 0 Å². The smallest absolute Gasteiger partial charge is 0.242 e. The van der Waals surface area contributed by atoms with E-state index in [1.165, 1.54) is 0 Å². The number of nitrogens with zero attached hydrogens (tertiary/aromatic N) is 1. The molecule has 5 heteroatoms. The predicted molar refractivity (Wildman–Crippen MR) is 68.2 cm³/mol. The third-order valence-corrected chi connectivity index (χ3v) is 3.06. The molecule has 0 radical (unpaired) electrons. The van der Waals surface area contributed by atoms with Gasteiger partial charge in [-0.2, -0.15) is 0 Å². The Morgan fingerprint density at radius 1 is 1.69 bits per heavy atom. The third kappa shape index (κ3) is 3.57. The molecule has 1 heterocycles. The Morgan fingerprint density at radius 3 is 2.94 bits per heavy atom. The SMILES string of the molecule is CCC[C@@H](N)C(=O)Nc1cc(C)c(Br)cn1. The molecule has 0 saturated heterocycles. The molecule has 1 aromatic rings. The van der Waals surface area contributed by atoms with Crippen LogP contribution in [-0.4, -0.2) is 16.9 Å². The maximum absolute atomic E-state index is 11.6. The molecule has 1 aromatic heterocycles. The monoisotopic (exact) mass is 285 g/mol. The second kappa shape index (κ2) is 5.96. The van der Waals surface area contributed by atoms with Crippen molar-refractivity contribution in [3.05, 3.63) is 22.3 Å². The lowest BCUT2D eigenvalue weighted by Gasteiger charge is -2.11. The lowest BCUT2D eigenvalue weighted by atomic mass is 10.1. The molecule has 0 spiro atoms. The van der Waals surface area contributed by atoms with Crippen molar-refractivity contribution in [3.63, 3.8) is 0 Å². The van der Waals surface area contributed by atoms with Gasteiger partial charge in [-0.25, -0.2) is 4.98 Å². The van der Waals surface area contributed by atoms with Crippen LogP contribution in [0.25, 0.3) is 0 Å². The lowest BCUT2D eigenvalue weighted by Crippen LogP contribution is -2.35. The third-order valence-electron chi connectivity index (χ3n) is 2.23. The quantitative estimate of drug-likeness (QED) is 0.891. The maximum atomic E-state index is 11.6. The van der Waals surface area contributed by atoms with Crippen LogP contribution in [0.2, 0.25) is 0 Å². The van der Waals surface area contributed by atoms with E-state index in [2.05, 4.69) is 26.2 Å². The largest absolute Gasteiger partial charge is 0.320 e. The fourth-order valence-electron chi connectivity index (χ4n) is 1.27. The number of pyridine rings is 1. The normalized spacial score (nSPS) is 12.2. The van der Waals surface area contributed by atoms with Crippen LogP contribution in [0.5, 0.6) is 0 Å². The van der Waals surface area contributed by atoms with Gasteiger partial charge in [-0.05, 0) is 40.9 Å². The van der Waals surface area contributed by atoms with Crippen LogP contribution in [0.1, 0.15) is 25.3 Å². The van der Waals surface area contributed by atoms with Gasteiger partial charge in [0.1, 0.15) is 5.82 Å². The Kier molecular flexibility index (Phi) is 4.89. The zero-order valence-electron chi connectivity index (χ0n) is 9.46. The number of rotatable bonds is 4. The number of anilines is 1. The Hall–Kier alpha value is -0.940.